The Morgan fingerprint density at radius 1 is 1.07 bits per heavy atom. The van der Waals surface area contributed by atoms with Crippen LogP contribution in [0.5, 0.6) is 0 Å². The highest BCUT2D eigenvalue weighted by Crippen LogP contribution is 2.29. The van der Waals surface area contributed by atoms with Gasteiger partial charge in [-0.15, -0.1) is 21.5 Å². The first-order valence-electron chi connectivity index (χ1n) is 10.1. The Balaban J connectivity index is 1.48. The van der Waals surface area contributed by atoms with Crippen molar-refractivity contribution in [1.29, 1.82) is 0 Å². The van der Waals surface area contributed by atoms with Crippen LogP contribution in [0.15, 0.2) is 57.6 Å². The lowest BCUT2D eigenvalue weighted by molar-refractivity contribution is 0.575. The first-order valence-corrected chi connectivity index (χ1v) is 12.0. The molecule has 3 heterocycles. The minimum absolute atomic E-state index is 0.673. The Labute approximate surface area is 185 Å². The number of rotatable bonds is 9. The van der Waals surface area contributed by atoms with Crippen LogP contribution in [0.25, 0.3) is 22.2 Å². The molecule has 0 spiro atoms. The van der Waals surface area contributed by atoms with Crippen molar-refractivity contribution in [2.24, 2.45) is 0 Å². The number of hydrogen-bond acceptors (Lipinski definition) is 7. The van der Waals surface area contributed by atoms with Gasteiger partial charge in [0.15, 0.2) is 11.0 Å². The molecule has 0 aliphatic carbocycles. The van der Waals surface area contributed by atoms with Gasteiger partial charge in [0, 0.05) is 36.6 Å². The minimum Gasteiger partial charge on any atom is -0.444 e. The van der Waals surface area contributed by atoms with Gasteiger partial charge in [0.1, 0.15) is 6.26 Å². The molecule has 156 valence electrons. The lowest BCUT2D eigenvalue weighted by atomic mass is 10.2. The number of benzene rings is 1. The van der Waals surface area contributed by atoms with Gasteiger partial charge in [-0.1, -0.05) is 17.8 Å². The van der Waals surface area contributed by atoms with Crippen LogP contribution < -0.4 is 4.90 Å². The molecule has 30 heavy (non-hydrogen) atoms. The lowest BCUT2D eigenvalue weighted by Gasteiger charge is -2.21. The second-order valence-corrected chi connectivity index (χ2v) is 8.57. The van der Waals surface area contributed by atoms with E-state index in [1.807, 2.05) is 17.5 Å². The second-order valence-electron chi connectivity index (χ2n) is 6.68. The third-order valence-corrected chi connectivity index (χ3v) is 6.78. The summed E-state index contributed by atoms with van der Waals surface area (Å²) in [5.74, 6) is 2.26. The Hall–Kier alpha value is -2.58. The normalized spacial score (nSPS) is 11.2. The van der Waals surface area contributed by atoms with Gasteiger partial charge in [0.05, 0.1) is 10.6 Å². The summed E-state index contributed by atoms with van der Waals surface area (Å²) >= 11 is 3.25. The van der Waals surface area contributed by atoms with Crippen molar-refractivity contribution in [3.63, 3.8) is 0 Å². The largest absolute Gasteiger partial charge is 0.444 e. The Bertz CT molecular complexity index is 1070. The van der Waals surface area contributed by atoms with E-state index in [0.29, 0.717) is 11.6 Å². The van der Waals surface area contributed by atoms with E-state index in [9.17, 15) is 0 Å². The summed E-state index contributed by atoms with van der Waals surface area (Å²) in [7, 11) is 0. The topological polar surface area (TPSA) is 60.0 Å². The standard InChI is InChI=1S/C22H25N5OS2/c1-4-26(5-2)18-11-9-16(10-12-18)20-24-25-22(27(20)6-3)30-15-17-14-28-21(23-17)19-8-7-13-29-19/h7-14H,4-6,15H2,1-3H3. The van der Waals surface area contributed by atoms with E-state index < -0.39 is 0 Å². The van der Waals surface area contributed by atoms with Crippen LogP contribution in [0.2, 0.25) is 0 Å². The van der Waals surface area contributed by atoms with Gasteiger partial charge in [-0.3, -0.25) is 0 Å². The fourth-order valence-electron chi connectivity index (χ4n) is 3.33. The molecule has 4 rings (SSSR count). The van der Waals surface area contributed by atoms with Crippen LogP contribution in [0.3, 0.4) is 0 Å². The van der Waals surface area contributed by atoms with Crippen LogP contribution in [0.4, 0.5) is 5.69 Å². The summed E-state index contributed by atoms with van der Waals surface area (Å²) < 4.78 is 7.77. The molecule has 8 heteroatoms. The van der Waals surface area contributed by atoms with Gasteiger partial charge in [0.25, 0.3) is 0 Å². The molecule has 0 aliphatic rings. The average Bonchev–Trinajstić information content (AvgIpc) is 3.53. The average molecular weight is 440 g/mol. The molecule has 0 unspecified atom stereocenters. The smallest absolute Gasteiger partial charge is 0.236 e. The number of thioether (sulfide) groups is 1. The zero-order valence-electron chi connectivity index (χ0n) is 17.4. The van der Waals surface area contributed by atoms with Crippen LogP contribution >= 0.6 is 23.1 Å². The van der Waals surface area contributed by atoms with Crippen LogP contribution in [0.1, 0.15) is 26.5 Å². The van der Waals surface area contributed by atoms with E-state index >= 15 is 0 Å². The molecular weight excluding hydrogens is 414 g/mol. The molecule has 0 fully saturated rings. The first kappa shape index (κ1) is 20.7. The second kappa shape index (κ2) is 9.49. The fraction of sp³-hybridized carbons (Fsp3) is 0.318. The summed E-state index contributed by atoms with van der Waals surface area (Å²) in [6, 6.07) is 12.6. The van der Waals surface area contributed by atoms with Gasteiger partial charge in [-0.05, 0) is 56.5 Å². The van der Waals surface area contributed by atoms with Gasteiger partial charge < -0.3 is 13.9 Å². The maximum atomic E-state index is 5.62. The highest BCUT2D eigenvalue weighted by molar-refractivity contribution is 7.98. The quantitative estimate of drug-likeness (QED) is 0.306. The number of hydrogen-bond donors (Lipinski definition) is 0. The third-order valence-electron chi connectivity index (χ3n) is 4.92. The van der Waals surface area contributed by atoms with Crippen molar-refractivity contribution < 1.29 is 4.42 Å². The van der Waals surface area contributed by atoms with E-state index in [2.05, 4.69) is 69.7 Å². The summed E-state index contributed by atoms with van der Waals surface area (Å²) in [4.78, 5) is 7.96. The van der Waals surface area contributed by atoms with Crippen LogP contribution in [-0.4, -0.2) is 32.8 Å². The number of anilines is 1. The molecule has 0 atom stereocenters. The Morgan fingerprint density at radius 2 is 1.87 bits per heavy atom. The molecule has 0 saturated heterocycles. The maximum Gasteiger partial charge on any atom is 0.236 e. The Kier molecular flexibility index (Phi) is 6.54. The molecule has 4 aromatic rings. The summed E-state index contributed by atoms with van der Waals surface area (Å²) in [5.41, 5.74) is 3.21. The van der Waals surface area contributed by atoms with Crippen LogP contribution in [0, 0.1) is 0 Å². The number of aromatic nitrogens is 4. The molecule has 6 nitrogen and oxygen atoms in total. The third kappa shape index (κ3) is 4.29. The molecule has 1 aromatic carbocycles. The molecule has 0 aliphatic heterocycles. The summed E-state index contributed by atoms with van der Waals surface area (Å²) in [6.45, 7) is 9.27. The highest BCUT2D eigenvalue weighted by Gasteiger charge is 2.15. The zero-order valence-corrected chi connectivity index (χ0v) is 19.0. The lowest BCUT2D eigenvalue weighted by Crippen LogP contribution is -2.21. The van der Waals surface area contributed by atoms with E-state index in [1.54, 1.807) is 29.4 Å². The number of oxazole rings is 1. The van der Waals surface area contributed by atoms with Crippen molar-refractivity contribution in [2.45, 2.75) is 38.2 Å². The molecule has 3 aromatic heterocycles. The predicted octanol–water partition coefficient (Wildman–Crippen LogP) is 5.82. The SMILES string of the molecule is CCN(CC)c1ccc(-c2nnc(SCc3coc(-c4cccs4)n3)n2CC)cc1. The molecule has 0 N–H and O–H groups in total. The van der Waals surface area contributed by atoms with Gasteiger partial charge in [0.2, 0.25) is 5.89 Å². The minimum atomic E-state index is 0.673. The van der Waals surface area contributed by atoms with Crippen molar-refractivity contribution in [2.75, 3.05) is 18.0 Å². The van der Waals surface area contributed by atoms with E-state index in [4.69, 9.17) is 4.42 Å². The van der Waals surface area contributed by atoms with Crippen molar-refractivity contribution in [3.8, 4) is 22.2 Å². The summed E-state index contributed by atoms with van der Waals surface area (Å²) in [5, 5.41) is 11.8. The molecular formula is C22H25N5OS2. The summed E-state index contributed by atoms with van der Waals surface area (Å²) in [6.07, 6.45) is 1.72. The van der Waals surface area contributed by atoms with E-state index in [-0.39, 0.29) is 0 Å². The van der Waals surface area contributed by atoms with Crippen LogP contribution in [-0.2, 0) is 12.3 Å². The van der Waals surface area contributed by atoms with Gasteiger partial charge >= 0.3 is 0 Å². The number of nitrogens with zero attached hydrogens (tertiary/aromatic N) is 5. The molecule has 0 bridgehead atoms. The van der Waals surface area contributed by atoms with Gasteiger partial charge in [-0.25, -0.2) is 4.98 Å². The van der Waals surface area contributed by atoms with E-state index in [1.165, 1.54) is 5.69 Å². The predicted molar refractivity (Wildman–Crippen MR) is 124 cm³/mol. The Morgan fingerprint density at radius 3 is 2.53 bits per heavy atom. The van der Waals surface area contributed by atoms with Gasteiger partial charge in [-0.2, -0.15) is 0 Å². The molecule has 0 amide bonds. The van der Waals surface area contributed by atoms with Crippen molar-refractivity contribution in [3.05, 3.63) is 53.7 Å². The zero-order chi connectivity index (χ0) is 20.9. The number of thiophene rings is 1. The van der Waals surface area contributed by atoms with E-state index in [0.717, 1.165) is 46.7 Å². The molecule has 0 radical (unpaired) electrons. The monoisotopic (exact) mass is 439 g/mol. The van der Waals surface area contributed by atoms with Crippen molar-refractivity contribution >= 4 is 28.8 Å². The fourth-order valence-corrected chi connectivity index (χ4v) is 4.86. The highest BCUT2D eigenvalue weighted by atomic mass is 32.2. The first-order chi connectivity index (χ1) is 14.7. The van der Waals surface area contributed by atoms with Crippen molar-refractivity contribution in [1.82, 2.24) is 19.7 Å². The maximum absolute atomic E-state index is 5.62. The molecule has 0 saturated carbocycles.